The molecule has 0 saturated carbocycles. The highest BCUT2D eigenvalue weighted by Gasteiger charge is 2.16. The largest absolute Gasteiger partial charge is 0.353 e. The van der Waals surface area contributed by atoms with E-state index in [4.69, 9.17) is 0 Å². The zero-order chi connectivity index (χ0) is 11.8. The summed E-state index contributed by atoms with van der Waals surface area (Å²) in [7, 11) is 2.15. The van der Waals surface area contributed by atoms with Gasteiger partial charge in [-0.25, -0.2) is 0 Å². The molecule has 6 nitrogen and oxygen atoms in total. The van der Waals surface area contributed by atoms with Gasteiger partial charge in [0.05, 0.1) is 5.69 Å². The van der Waals surface area contributed by atoms with Crippen molar-refractivity contribution in [1.82, 2.24) is 24.9 Å². The Bertz CT molecular complexity index is 526. The third-order valence-corrected chi connectivity index (χ3v) is 3.28. The Morgan fingerprint density at radius 3 is 2.65 bits per heavy atom. The van der Waals surface area contributed by atoms with Crippen molar-refractivity contribution in [3.05, 3.63) is 17.8 Å². The zero-order valence-electron chi connectivity index (χ0n) is 10.2. The average Bonchev–Trinajstić information content (AvgIpc) is 2.72. The van der Waals surface area contributed by atoms with Gasteiger partial charge in [-0.15, -0.1) is 14.8 Å². The molecular weight excluding hydrogens is 216 g/mol. The van der Waals surface area contributed by atoms with E-state index in [-0.39, 0.29) is 0 Å². The van der Waals surface area contributed by atoms with Crippen LogP contribution in [0.5, 0.6) is 0 Å². The van der Waals surface area contributed by atoms with Crippen LogP contribution in [0.25, 0.3) is 5.52 Å². The Morgan fingerprint density at radius 2 is 1.88 bits per heavy atom. The lowest BCUT2D eigenvalue weighted by molar-refractivity contribution is 0.311. The standard InChI is InChI=1S/C11H16N6/c1-9-10-3-4-11(13-17(10)14-12-9)16-7-5-15(2)6-8-16/h3-4H,5-8H2,1-2H3. The highest BCUT2D eigenvalue weighted by atomic mass is 15.5. The van der Waals surface area contributed by atoms with Crippen LogP contribution in [0.15, 0.2) is 12.1 Å². The molecule has 1 fully saturated rings. The van der Waals surface area contributed by atoms with Crippen LogP contribution in [-0.2, 0) is 0 Å². The number of piperazine rings is 1. The first kappa shape index (κ1) is 10.5. The molecule has 90 valence electrons. The molecular formula is C11H16N6. The van der Waals surface area contributed by atoms with Crippen molar-refractivity contribution in [2.45, 2.75) is 6.92 Å². The smallest absolute Gasteiger partial charge is 0.151 e. The van der Waals surface area contributed by atoms with E-state index in [1.807, 2.05) is 13.0 Å². The van der Waals surface area contributed by atoms with E-state index in [2.05, 4.69) is 38.3 Å². The summed E-state index contributed by atoms with van der Waals surface area (Å²) < 4.78 is 1.61. The number of likely N-dealkylation sites (N-methyl/N-ethyl adjacent to an activating group) is 1. The molecule has 0 radical (unpaired) electrons. The van der Waals surface area contributed by atoms with Crippen molar-refractivity contribution in [1.29, 1.82) is 0 Å². The van der Waals surface area contributed by atoms with Crippen molar-refractivity contribution >= 4 is 11.3 Å². The lowest BCUT2D eigenvalue weighted by Crippen LogP contribution is -2.44. The monoisotopic (exact) mass is 232 g/mol. The maximum atomic E-state index is 4.50. The van der Waals surface area contributed by atoms with Gasteiger partial charge in [-0.05, 0) is 31.3 Å². The van der Waals surface area contributed by atoms with Gasteiger partial charge in [-0.3, -0.25) is 0 Å². The molecule has 3 rings (SSSR count). The van der Waals surface area contributed by atoms with E-state index in [1.165, 1.54) is 0 Å². The van der Waals surface area contributed by atoms with Crippen molar-refractivity contribution in [3.8, 4) is 0 Å². The van der Waals surface area contributed by atoms with Crippen molar-refractivity contribution in [2.75, 3.05) is 38.1 Å². The van der Waals surface area contributed by atoms with E-state index in [9.17, 15) is 0 Å². The first-order valence-corrected chi connectivity index (χ1v) is 5.87. The third-order valence-electron chi connectivity index (χ3n) is 3.28. The zero-order valence-corrected chi connectivity index (χ0v) is 10.2. The Hall–Kier alpha value is -1.69. The number of aryl methyl sites for hydroxylation is 1. The van der Waals surface area contributed by atoms with Crippen molar-refractivity contribution < 1.29 is 0 Å². The number of hydrogen-bond acceptors (Lipinski definition) is 5. The molecule has 0 aromatic carbocycles. The van der Waals surface area contributed by atoms with Gasteiger partial charge in [0.1, 0.15) is 5.52 Å². The Balaban J connectivity index is 1.90. The molecule has 17 heavy (non-hydrogen) atoms. The summed E-state index contributed by atoms with van der Waals surface area (Å²) in [5, 5.41) is 12.5. The van der Waals surface area contributed by atoms with Gasteiger partial charge < -0.3 is 9.80 Å². The van der Waals surface area contributed by atoms with E-state index in [0.29, 0.717) is 0 Å². The summed E-state index contributed by atoms with van der Waals surface area (Å²) in [5.74, 6) is 0.982. The third kappa shape index (κ3) is 1.84. The van der Waals surface area contributed by atoms with Crippen LogP contribution in [0, 0.1) is 6.92 Å². The topological polar surface area (TPSA) is 49.6 Å². The van der Waals surface area contributed by atoms with E-state index in [1.54, 1.807) is 4.63 Å². The Labute approximate surface area is 99.8 Å². The van der Waals surface area contributed by atoms with Crippen LogP contribution in [0.1, 0.15) is 5.69 Å². The van der Waals surface area contributed by atoms with Crippen LogP contribution in [0.4, 0.5) is 5.82 Å². The van der Waals surface area contributed by atoms with Gasteiger partial charge in [0, 0.05) is 26.2 Å². The first-order valence-electron chi connectivity index (χ1n) is 5.87. The quantitative estimate of drug-likeness (QED) is 0.702. The number of anilines is 1. The molecule has 2 aromatic heterocycles. The molecule has 2 aromatic rings. The van der Waals surface area contributed by atoms with Gasteiger partial charge >= 0.3 is 0 Å². The van der Waals surface area contributed by atoms with Crippen LogP contribution in [0.3, 0.4) is 0 Å². The van der Waals surface area contributed by atoms with Crippen LogP contribution >= 0.6 is 0 Å². The number of nitrogens with zero attached hydrogens (tertiary/aromatic N) is 6. The maximum absolute atomic E-state index is 4.50. The molecule has 0 aliphatic carbocycles. The normalized spacial score (nSPS) is 17.9. The number of aromatic nitrogens is 4. The molecule has 1 aliphatic rings. The second-order valence-corrected chi connectivity index (χ2v) is 4.53. The number of fused-ring (bicyclic) bond motifs is 1. The van der Waals surface area contributed by atoms with Crippen molar-refractivity contribution in [3.63, 3.8) is 0 Å². The molecule has 0 bridgehead atoms. The van der Waals surface area contributed by atoms with E-state index >= 15 is 0 Å². The molecule has 0 N–H and O–H groups in total. The van der Waals surface area contributed by atoms with Gasteiger partial charge in [0.15, 0.2) is 5.82 Å². The lowest BCUT2D eigenvalue weighted by Gasteiger charge is -2.32. The molecule has 3 heterocycles. The minimum Gasteiger partial charge on any atom is -0.353 e. The first-order chi connectivity index (χ1) is 8.24. The Morgan fingerprint density at radius 1 is 1.12 bits per heavy atom. The van der Waals surface area contributed by atoms with Crippen LogP contribution in [0.2, 0.25) is 0 Å². The van der Waals surface area contributed by atoms with Gasteiger partial charge in [0.2, 0.25) is 0 Å². The summed E-state index contributed by atoms with van der Waals surface area (Å²) in [6, 6.07) is 4.09. The molecule has 1 aliphatic heterocycles. The van der Waals surface area contributed by atoms with E-state index < -0.39 is 0 Å². The molecule has 0 atom stereocenters. The van der Waals surface area contributed by atoms with Gasteiger partial charge in [-0.2, -0.15) is 0 Å². The average molecular weight is 232 g/mol. The van der Waals surface area contributed by atoms with E-state index in [0.717, 1.165) is 43.2 Å². The second kappa shape index (κ2) is 3.96. The summed E-state index contributed by atoms with van der Waals surface area (Å²) in [6.45, 7) is 6.14. The second-order valence-electron chi connectivity index (χ2n) is 4.53. The predicted octanol–water partition coefficient (Wildman–Crippen LogP) is 0.185. The fourth-order valence-corrected chi connectivity index (χ4v) is 2.10. The maximum Gasteiger partial charge on any atom is 0.151 e. The van der Waals surface area contributed by atoms with Gasteiger partial charge in [0.25, 0.3) is 0 Å². The predicted molar refractivity (Wildman–Crippen MR) is 65.2 cm³/mol. The summed E-state index contributed by atoms with van der Waals surface area (Å²) in [5.41, 5.74) is 1.89. The van der Waals surface area contributed by atoms with Gasteiger partial charge in [-0.1, -0.05) is 0 Å². The molecule has 1 saturated heterocycles. The fourth-order valence-electron chi connectivity index (χ4n) is 2.10. The highest BCUT2D eigenvalue weighted by Crippen LogP contribution is 2.14. The molecule has 0 unspecified atom stereocenters. The lowest BCUT2D eigenvalue weighted by atomic mass is 10.3. The SMILES string of the molecule is Cc1nnn2nc(N3CCN(C)CC3)ccc12. The minimum atomic E-state index is 0.919. The molecule has 0 spiro atoms. The molecule has 0 amide bonds. The fraction of sp³-hybridized carbons (Fsp3) is 0.545. The number of hydrogen-bond donors (Lipinski definition) is 0. The van der Waals surface area contributed by atoms with Crippen LogP contribution in [-0.4, -0.2) is 58.2 Å². The number of rotatable bonds is 1. The highest BCUT2D eigenvalue weighted by molar-refractivity contribution is 5.52. The van der Waals surface area contributed by atoms with Crippen LogP contribution < -0.4 is 4.90 Å². The summed E-state index contributed by atoms with van der Waals surface area (Å²) >= 11 is 0. The minimum absolute atomic E-state index is 0.919. The summed E-state index contributed by atoms with van der Waals surface area (Å²) in [4.78, 5) is 4.62. The molecule has 6 heteroatoms. The Kier molecular flexibility index (Phi) is 2.44. The summed E-state index contributed by atoms with van der Waals surface area (Å²) in [6.07, 6.45) is 0. The van der Waals surface area contributed by atoms with Crippen molar-refractivity contribution in [2.24, 2.45) is 0 Å².